The number of carbonyl (C=O) groups excluding carboxylic acids is 1. The molecule has 0 aliphatic carbocycles. The summed E-state index contributed by atoms with van der Waals surface area (Å²) in [5.41, 5.74) is 1.31. The van der Waals surface area contributed by atoms with Gasteiger partial charge in [0.1, 0.15) is 6.54 Å². The van der Waals surface area contributed by atoms with E-state index in [9.17, 15) is 9.90 Å². The van der Waals surface area contributed by atoms with Crippen molar-refractivity contribution in [2.75, 3.05) is 13.1 Å². The second-order valence-corrected chi connectivity index (χ2v) is 4.63. The average molecular weight is 222 g/mol. The lowest BCUT2D eigenvalue weighted by Crippen LogP contribution is -3.12. The molecule has 0 unspecified atom stereocenters. The number of likely N-dealkylation sites (tertiary alicyclic amines) is 1. The van der Waals surface area contributed by atoms with Gasteiger partial charge in [-0.25, -0.2) is 0 Å². The molecule has 0 aromatic carbocycles. The molecule has 4 nitrogen and oxygen atoms in total. The van der Waals surface area contributed by atoms with Gasteiger partial charge in [-0.05, 0) is 12.1 Å². The first-order valence-corrected chi connectivity index (χ1v) is 5.81. The number of nitrogens with one attached hydrogen (secondary N) is 1. The summed E-state index contributed by atoms with van der Waals surface area (Å²) >= 11 is 0. The van der Waals surface area contributed by atoms with Crippen LogP contribution in [0.4, 0.5) is 0 Å². The van der Waals surface area contributed by atoms with Crippen LogP contribution in [0.1, 0.15) is 18.5 Å². The van der Waals surface area contributed by atoms with Gasteiger partial charge in [0.15, 0.2) is 0 Å². The van der Waals surface area contributed by atoms with Gasteiger partial charge in [-0.3, -0.25) is 0 Å². The summed E-state index contributed by atoms with van der Waals surface area (Å²) in [5, 5.41) is 10.7. The molecule has 1 aliphatic rings. The number of piperidine rings is 1. The molecule has 0 bridgehead atoms. The van der Waals surface area contributed by atoms with Crippen molar-refractivity contribution in [2.45, 2.75) is 19.4 Å². The predicted molar refractivity (Wildman–Crippen MR) is 57.5 cm³/mol. The molecule has 2 heterocycles. The Morgan fingerprint density at radius 2 is 2.25 bits per heavy atom. The molecule has 88 valence electrons. The van der Waals surface area contributed by atoms with Gasteiger partial charge in [0.25, 0.3) is 0 Å². The zero-order chi connectivity index (χ0) is 11.5. The van der Waals surface area contributed by atoms with Crippen LogP contribution in [-0.2, 0) is 18.4 Å². The van der Waals surface area contributed by atoms with E-state index in [1.807, 2.05) is 19.3 Å². The van der Waals surface area contributed by atoms with Crippen molar-refractivity contribution < 1.29 is 14.8 Å². The summed E-state index contributed by atoms with van der Waals surface area (Å²) in [6, 6.07) is 4.17. The summed E-state index contributed by atoms with van der Waals surface area (Å²) in [4.78, 5) is 12.2. The minimum Gasteiger partial charge on any atom is -0.550 e. The molecular weight excluding hydrogens is 204 g/mol. The van der Waals surface area contributed by atoms with Gasteiger partial charge in [0.05, 0.1) is 18.8 Å². The van der Waals surface area contributed by atoms with Crippen molar-refractivity contribution >= 4 is 5.97 Å². The van der Waals surface area contributed by atoms with Gasteiger partial charge < -0.3 is 19.4 Å². The molecule has 0 atom stereocenters. The summed E-state index contributed by atoms with van der Waals surface area (Å²) in [7, 11) is 2.04. The Balaban J connectivity index is 1.86. The molecule has 4 heteroatoms. The maximum Gasteiger partial charge on any atom is 0.118 e. The fraction of sp³-hybridized carbons (Fsp3) is 0.583. The van der Waals surface area contributed by atoms with Gasteiger partial charge in [-0.1, -0.05) is 0 Å². The van der Waals surface area contributed by atoms with Crippen molar-refractivity contribution in [3.05, 3.63) is 24.0 Å². The number of carboxylic acid groups (broad SMARTS) is 1. The van der Waals surface area contributed by atoms with E-state index in [0.29, 0.717) is 0 Å². The second-order valence-electron chi connectivity index (χ2n) is 4.63. The van der Waals surface area contributed by atoms with Crippen molar-refractivity contribution in [3.8, 4) is 0 Å². The van der Waals surface area contributed by atoms with E-state index < -0.39 is 5.97 Å². The fourth-order valence-electron chi connectivity index (χ4n) is 2.37. The third-order valence-electron chi connectivity index (χ3n) is 3.51. The van der Waals surface area contributed by atoms with Crippen molar-refractivity contribution in [3.63, 3.8) is 0 Å². The molecule has 0 saturated carbocycles. The Hall–Kier alpha value is -1.29. The van der Waals surface area contributed by atoms with Crippen LogP contribution in [0.3, 0.4) is 0 Å². The Labute approximate surface area is 95.5 Å². The van der Waals surface area contributed by atoms with E-state index in [2.05, 4.69) is 10.6 Å². The summed E-state index contributed by atoms with van der Waals surface area (Å²) in [6.07, 6.45) is 3.55. The number of nitrogens with zero attached hydrogens (tertiary/aromatic N) is 1. The quantitative estimate of drug-likeness (QED) is 0.681. The monoisotopic (exact) mass is 222 g/mol. The summed E-state index contributed by atoms with van der Waals surface area (Å²) < 4.78 is 2.12. The highest BCUT2D eigenvalue weighted by Crippen LogP contribution is 2.08. The number of hydrogen-bond acceptors (Lipinski definition) is 2. The summed E-state index contributed by atoms with van der Waals surface area (Å²) in [5.74, 6) is -1.10. The number of aliphatic carboxylic acids is 1. The minimum atomic E-state index is -0.877. The van der Waals surface area contributed by atoms with E-state index in [0.717, 1.165) is 32.5 Å². The fourth-order valence-corrected chi connectivity index (χ4v) is 2.37. The van der Waals surface area contributed by atoms with Crippen LogP contribution in [0.5, 0.6) is 0 Å². The third kappa shape index (κ3) is 2.44. The van der Waals surface area contributed by atoms with Crippen LogP contribution in [0.25, 0.3) is 0 Å². The molecular formula is C12H18N2O2. The van der Waals surface area contributed by atoms with Crippen LogP contribution in [0.15, 0.2) is 18.3 Å². The lowest BCUT2D eigenvalue weighted by molar-refractivity contribution is -0.919. The van der Waals surface area contributed by atoms with E-state index in [4.69, 9.17) is 0 Å². The molecule has 1 aliphatic heterocycles. The lowest BCUT2D eigenvalue weighted by atomic mass is 9.97. The van der Waals surface area contributed by atoms with Gasteiger partial charge in [0.2, 0.25) is 0 Å². The Morgan fingerprint density at radius 1 is 1.56 bits per heavy atom. The van der Waals surface area contributed by atoms with Gasteiger partial charge >= 0.3 is 0 Å². The highest BCUT2D eigenvalue weighted by Gasteiger charge is 2.23. The maximum absolute atomic E-state index is 10.7. The molecule has 1 fully saturated rings. The predicted octanol–water partition coefficient (Wildman–Crippen LogP) is -1.43. The maximum atomic E-state index is 10.7. The largest absolute Gasteiger partial charge is 0.550 e. The number of carboxylic acids is 1. The molecule has 1 saturated heterocycles. The van der Waals surface area contributed by atoms with Crippen molar-refractivity contribution in [1.82, 2.24) is 4.57 Å². The van der Waals surface area contributed by atoms with Gasteiger partial charge in [-0.15, -0.1) is 0 Å². The van der Waals surface area contributed by atoms with Gasteiger partial charge in [0, 0.05) is 38.0 Å². The number of hydrogen-bond donors (Lipinski definition) is 1. The molecule has 1 N–H and O–H groups in total. The number of aryl methyl sites for hydroxylation is 1. The number of aromatic nitrogens is 1. The van der Waals surface area contributed by atoms with E-state index in [-0.39, 0.29) is 5.92 Å². The highest BCUT2D eigenvalue weighted by molar-refractivity contribution is 5.67. The Kier molecular flexibility index (Phi) is 3.29. The normalized spacial score (nSPS) is 25.6. The SMILES string of the molecule is Cn1cccc1C[NH+]1CCC(C(=O)[O-])CC1. The number of rotatable bonds is 3. The first-order chi connectivity index (χ1) is 7.66. The van der Waals surface area contributed by atoms with Crippen LogP contribution < -0.4 is 10.0 Å². The zero-order valence-corrected chi connectivity index (χ0v) is 9.61. The topological polar surface area (TPSA) is 49.5 Å². The molecule has 0 spiro atoms. The second kappa shape index (κ2) is 4.70. The standard InChI is InChI=1S/C12H18N2O2/c1-13-6-2-3-11(13)9-14-7-4-10(5-8-14)12(15)16/h2-3,6,10H,4-5,7-9H2,1H3,(H,15,16). The van der Waals surface area contributed by atoms with Crippen molar-refractivity contribution in [1.29, 1.82) is 0 Å². The van der Waals surface area contributed by atoms with Crippen LogP contribution in [-0.4, -0.2) is 23.6 Å². The average Bonchev–Trinajstić information content (AvgIpc) is 2.65. The van der Waals surface area contributed by atoms with Crippen LogP contribution >= 0.6 is 0 Å². The highest BCUT2D eigenvalue weighted by atomic mass is 16.4. The summed E-state index contributed by atoms with van der Waals surface area (Å²) in [6.45, 7) is 2.86. The first-order valence-electron chi connectivity index (χ1n) is 5.81. The van der Waals surface area contributed by atoms with Crippen LogP contribution in [0.2, 0.25) is 0 Å². The minimum absolute atomic E-state index is 0.225. The number of quaternary nitrogens is 1. The molecule has 2 rings (SSSR count). The first kappa shape index (κ1) is 11.2. The lowest BCUT2D eigenvalue weighted by Gasteiger charge is -2.29. The van der Waals surface area contributed by atoms with E-state index in [1.165, 1.54) is 10.6 Å². The zero-order valence-electron chi connectivity index (χ0n) is 9.61. The third-order valence-corrected chi connectivity index (χ3v) is 3.51. The Bertz CT molecular complexity index is 365. The Morgan fingerprint density at radius 3 is 2.75 bits per heavy atom. The number of carbonyl (C=O) groups is 1. The molecule has 1 aromatic rings. The van der Waals surface area contributed by atoms with E-state index in [1.54, 1.807) is 0 Å². The smallest absolute Gasteiger partial charge is 0.118 e. The van der Waals surface area contributed by atoms with E-state index >= 15 is 0 Å². The van der Waals surface area contributed by atoms with Gasteiger partial charge in [-0.2, -0.15) is 0 Å². The molecule has 0 amide bonds. The van der Waals surface area contributed by atoms with Crippen molar-refractivity contribution in [2.24, 2.45) is 13.0 Å². The molecule has 0 radical (unpaired) electrons. The van der Waals surface area contributed by atoms with Crippen LogP contribution in [0, 0.1) is 5.92 Å². The molecule has 16 heavy (non-hydrogen) atoms. The molecule has 1 aromatic heterocycles.